The summed E-state index contributed by atoms with van der Waals surface area (Å²) in [7, 11) is 0. The molecular formula is C20H18ClF4N3O2. The van der Waals surface area contributed by atoms with Gasteiger partial charge in [-0.15, -0.1) is 0 Å². The van der Waals surface area contributed by atoms with Crippen LogP contribution in [0.15, 0.2) is 36.5 Å². The van der Waals surface area contributed by atoms with E-state index >= 15 is 0 Å². The molecule has 0 radical (unpaired) electrons. The van der Waals surface area contributed by atoms with E-state index in [1.165, 1.54) is 24.4 Å². The molecule has 3 saturated carbocycles. The van der Waals surface area contributed by atoms with Crippen LogP contribution in [0.2, 0.25) is 5.02 Å². The molecule has 1 aromatic heterocycles. The summed E-state index contributed by atoms with van der Waals surface area (Å²) in [5.74, 6) is -0.690. The lowest BCUT2D eigenvalue weighted by Gasteiger charge is -2.75. The molecule has 2 N–H and O–H groups in total. The molecule has 3 aliphatic rings. The SMILES string of the molecule is C[C@@H]1C2(NC(=O)COc3ccc(Cl)c(F)c3)CC1(Nc1ccc(C(F)(F)F)nc1)C2. The van der Waals surface area contributed by atoms with Gasteiger partial charge >= 0.3 is 6.18 Å². The monoisotopic (exact) mass is 443 g/mol. The summed E-state index contributed by atoms with van der Waals surface area (Å²) in [6, 6.07) is 6.22. The second-order valence-corrected chi connectivity index (χ2v) is 8.26. The number of benzene rings is 1. The Morgan fingerprint density at radius 1 is 1.27 bits per heavy atom. The molecule has 0 saturated heterocycles. The first-order chi connectivity index (χ1) is 14.0. The first kappa shape index (κ1) is 20.7. The molecule has 5 nitrogen and oxygen atoms in total. The Balaban J connectivity index is 1.29. The molecule has 1 amide bonds. The third kappa shape index (κ3) is 3.55. The van der Waals surface area contributed by atoms with E-state index < -0.39 is 17.7 Å². The number of hydrogen-bond donors (Lipinski definition) is 2. The zero-order chi connectivity index (χ0) is 21.7. The normalized spacial score (nSPS) is 26.9. The van der Waals surface area contributed by atoms with Crippen molar-refractivity contribution < 1.29 is 27.1 Å². The van der Waals surface area contributed by atoms with Crippen LogP contribution >= 0.6 is 11.6 Å². The summed E-state index contributed by atoms with van der Waals surface area (Å²) in [6.07, 6.45) is -2.02. The predicted molar refractivity (Wildman–Crippen MR) is 102 cm³/mol. The number of aromatic nitrogens is 1. The Morgan fingerprint density at radius 2 is 2.00 bits per heavy atom. The van der Waals surface area contributed by atoms with Crippen LogP contribution < -0.4 is 15.4 Å². The van der Waals surface area contributed by atoms with Crippen molar-refractivity contribution in [1.29, 1.82) is 0 Å². The van der Waals surface area contributed by atoms with Crippen LogP contribution in [0.1, 0.15) is 25.5 Å². The maximum atomic E-state index is 13.4. The first-order valence-electron chi connectivity index (χ1n) is 9.23. The van der Waals surface area contributed by atoms with Crippen LogP contribution in [-0.2, 0) is 11.0 Å². The van der Waals surface area contributed by atoms with E-state index in [1.807, 2.05) is 6.92 Å². The number of carbonyl (C=O) groups is 1. The highest BCUT2D eigenvalue weighted by Crippen LogP contribution is 2.66. The molecule has 2 aromatic rings. The summed E-state index contributed by atoms with van der Waals surface area (Å²) in [4.78, 5) is 15.7. The van der Waals surface area contributed by atoms with Gasteiger partial charge in [0.05, 0.1) is 16.9 Å². The summed E-state index contributed by atoms with van der Waals surface area (Å²) in [5.41, 5.74) is -1.10. The summed E-state index contributed by atoms with van der Waals surface area (Å²) in [5, 5.41) is 6.17. The van der Waals surface area contributed by atoms with Crippen molar-refractivity contribution in [3.05, 3.63) is 53.1 Å². The minimum Gasteiger partial charge on any atom is -0.484 e. The number of carbonyl (C=O) groups excluding carboxylic acids is 1. The van der Waals surface area contributed by atoms with Crippen molar-refractivity contribution in [2.45, 2.75) is 37.0 Å². The number of ether oxygens (including phenoxy) is 1. The van der Waals surface area contributed by atoms with Gasteiger partial charge in [0, 0.05) is 23.1 Å². The second kappa shape index (κ2) is 7.01. The fraction of sp³-hybridized carbons (Fsp3) is 0.400. The van der Waals surface area contributed by atoms with Crippen LogP contribution in [0.5, 0.6) is 5.75 Å². The molecule has 5 rings (SSSR count). The molecule has 1 aromatic carbocycles. The molecule has 3 aliphatic carbocycles. The largest absolute Gasteiger partial charge is 0.484 e. The number of nitrogens with one attached hydrogen (secondary N) is 2. The summed E-state index contributed by atoms with van der Waals surface area (Å²) in [6.45, 7) is 1.70. The van der Waals surface area contributed by atoms with Gasteiger partial charge in [-0.3, -0.25) is 4.79 Å². The van der Waals surface area contributed by atoms with E-state index in [-0.39, 0.29) is 40.3 Å². The summed E-state index contributed by atoms with van der Waals surface area (Å²) < 4.78 is 56.6. The number of amides is 1. The molecule has 160 valence electrons. The Morgan fingerprint density at radius 3 is 2.57 bits per heavy atom. The van der Waals surface area contributed by atoms with Crippen molar-refractivity contribution >= 4 is 23.2 Å². The molecule has 2 bridgehead atoms. The van der Waals surface area contributed by atoms with Gasteiger partial charge in [0.25, 0.3) is 5.91 Å². The van der Waals surface area contributed by atoms with E-state index in [0.29, 0.717) is 18.5 Å². The number of hydrogen-bond acceptors (Lipinski definition) is 4. The maximum Gasteiger partial charge on any atom is 0.433 e. The topological polar surface area (TPSA) is 63.2 Å². The van der Waals surface area contributed by atoms with Gasteiger partial charge in [-0.05, 0) is 37.1 Å². The first-order valence-corrected chi connectivity index (χ1v) is 9.61. The number of nitrogens with zero attached hydrogens (tertiary/aromatic N) is 1. The molecule has 0 spiro atoms. The number of anilines is 1. The van der Waals surface area contributed by atoms with Gasteiger partial charge in [0.15, 0.2) is 6.61 Å². The zero-order valence-corrected chi connectivity index (χ0v) is 16.6. The average molecular weight is 444 g/mol. The van der Waals surface area contributed by atoms with Crippen LogP contribution in [-0.4, -0.2) is 28.6 Å². The number of halogens is 5. The predicted octanol–water partition coefficient (Wildman–Crippen LogP) is 4.42. The minimum absolute atomic E-state index is 0.0319. The minimum atomic E-state index is -4.48. The Kier molecular flexibility index (Phi) is 4.84. The van der Waals surface area contributed by atoms with Crippen molar-refractivity contribution in [2.24, 2.45) is 5.92 Å². The second-order valence-electron chi connectivity index (χ2n) is 7.86. The number of pyridine rings is 1. The van der Waals surface area contributed by atoms with Gasteiger partial charge < -0.3 is 15.4 Å². The van der Waals surface area contributed by atoms with E-state index in [1.54, 1.807) is 0 Å². The molecular weight excluding hydrogens is 426 g/mol. The van der Waals surface area contributed by atoms with Crippen molar-refractivity contribution in [3.63, 3.8) is 0 Å². The lowest BCUT2D eigenvalue weighted by Crippen LogP contribution is -2.87. The third-order valence-electron chi connectivity index (χ3n) is 6.02. The van der Waals surface area contributed by atoms with Crippen LogP contribution in [0.25, 0.3) is 0 Å². The number of rotatable bonds is 6. The van der Waals surface area contributed by atoms with E-state index in [0.717, 1.165) is 12.1 Å². The lowest BCUT2D eigenvalue weighted by atomic mass is 9.37. The van der Waals surface area contributed by atoms with Crippen LogP contribution in [0.3, 0.4) is 0 Å². The smallest absolute Gasteiger partial charge is 0.433 e. The summed E-state index contributed by atoms with van der Waals surface area (Å²) >= 11 is 5.61. The standard InChI is InChI=1S/C20H18ClF4N3O2/c1-11-18(27-12-2-5-16(26-7-12)20(23,24)25)9-19(11,10-18)28-17(29)8-30-13-3-4-14(21)15(22)6-13/h2-7,11,27H,8-10H2,1H3,(H,28,29)/t11-,18?,19?/m0/s1. The average Bonchev–Trinajstić information content (AvgIpc) is 2.67. The van der Waals surface area contributed by atoms with Gasteiger partial charge in [0.2, 0.25) is 0 Å². The maximum absolute atomic E-state index is 13.4. The van der Waals surface area contributed by atoms with Gasteiger partial charge in [-0.1, -0.05) is 18.5 Å². The highest BCUT2D eigenvalue weighted by Gasteiger charge is 2.74. The van der Waals surface area contributed by atoms with E-state index in [2.05, 4.69) is 15.6 Å². The molecule has 1 heterocycles. The molecule has 0 unspecified atom stereocenters. The Hall–Kier alpha value is -2.55. The molecule has 10 heteroatoms. The zero-order valence-electron chi connectivity index (χ0n) is 15.8. The van der Waals surface area contributed by atoms with Crippen molar-refractivity contribution in [2.75, 3.05) is 11.9 Å². The highest BCUT2D eigenvalue weighted by atomic mass is 35.5. The van der Waals surface area contributed by atoms with Crippen LogP contribution in [0, 0.1) is 11.7 Å². The third-order valence-corrected chi connectivity index (χ3v) is 6.32. The van der Waals surface area contributed by atoms with Crippen LogP contribution in [0.4, 0.5) is 23.2 Å². The molecule has 0 aliphatic heterocycles. The van der Waals surface area contributed by atoms with E-state index in [9.17, 15) is 22.4 Å². The number of alkyl halides is 3. The molecule has 3 fully saturated rings. The Labute approximate surface area is 174 Å². The van der Waals surface area contributed by atoms with E-state index in [4.69, 9.17) is 16.3 Å². The van der Waals surface area contributed by atoms with Gasteiger partial charge in [0.1, 0.15) is 17.3 Å². The molecule has 1 atom stereocenters. The Bertz CT molecular complexity index is 975. The lowest BCUT2D eigenvalue weighted by molar-refractivity contribution is -0.156. The fourth-order valence-electron chi connectivity index (χ4n) is 4.30. The van der Waals surface area contributed by atoms with Crippen molar-refractivity contribution in [3.8, 4) is 5.75 Å². The highest BCUT2D eigenvalue weighted by molar-refractivity contribution is 6.30. The van der Waals surface area contributed by atoms with Gasteiger partial charge in [-0.2, -0.15) is 13.2 Å². The molecule has 30 heavy (non-hydrogen) atoms. The van der Waals surface area contributed by atoms with Gasteiger partial charge in [-0.25, -0.2) is 9.37 Å². The van der Waals surface area contributed by atoms with Crippen molar-refractivity contribution in [1.82, 2.24) is 10.3 Å². The fourth-order valence-corrected chi connectivity index (χ4v) is 4.42. The quantitative estimate of drug-likeness (QED) is 0.649.